The Balaban J connectivity index is 2.23. The molecule has 0 heterocycles. The number of carbonyl (C=O) groups is 3. The van der Waals surface area contributed by atoms with E-state index in [0.717, 1.165) is 10.0 Å². The van der Waals surface area contributed by atoms with Crippen LogP contribution in [0.25, 0.3) is 6.08 Å². The minimum atomic E-state index is -1.18. The van der Waals surface area contributed by atoms with Crippen LogP contribution in [0.1, 0.15) is 22.8 Å². The number of aliphatic carboxylic acids is 1. The van der Waals surface area contributed by atoms with Gasteiger partial charge in [0.2, 0.25) is 0 Å². The highest BCUT2D eigenvalue weighted by atomic mass is 79.9. The lowest BCUT2D eigenvalue weighted by molar-refractivity contribution is -0.140. The fraction of sp³-hybridized carbons (Fsp3) is 0.0952. The first-order valence-corrected chi connectivity index (χ1v) is 9.20. The molecule has 0 aliphatic rings. The monoisotopic (exact) mass is 442 g/mol. The predicted molar refractivity (Wildman–Crippen MR) is 110 cm³/mol. The molecule has 0 spiro atoms. The van der Waals surface area contributed by atoms with E-state index in [4.69, 9.17) is 5.11 Å². The molecule has 0 fully saturated rings. The van der Waals surface area contributed by atoms with Gasteiger partial charge in [-0.3, -0.25) is 14.4 Å². The molecule has 2 aromatic rings. The molecular weight excluding hydrogens is 424 g/mol. The molecule has 2 aromatic carbocycles. The van der Waals surface area contributed by atoms with Crippen molar-refractivity contribution in [2.24, 2.45) is 0 Å². The molecule has 0 aliphatic carbocycles. The topological polar surface area (TPSA) is 95.5 Å². The summed E-state index contributed by atoms with van der Waals surface area (Å²) in [6, 6.07) is 15.0. The van der Waals surface area contributed by atoms with Gasteiger partial charge in [-0.1, -0.05) is 64.5 Å². The van der Waals surface area contributed by atoms with Gasteiger partial charge in [0.15, 0.2) is 0 Å². The number of carboxylic acids is 1. The van der Waals surface area contributed by atoms with Crippen LogP contribution in [0, 0.1) is 0 Å². The van der Waals surface area contributed by atoms with E-state index in [9.17, 15) is 14.4 Å². The zero-order valence-electron chi connectivity index (χ0n) is 15.1. The van der Waals surface area contributed by atoms with Gasteiger partial charge < -0.3 is 15.7 Å². The molecule has 6 nitrogen and oxygen atoms in total. The van der Waals surface area contributed by atoms with E-state index < -0.39 is 23.8 Å². The van der Waals surface area contributed by atoms with Crippen molar-refractivity contribution in [2.75, 3.05) is 0 Å². The Morgan fingerprint density at radius 2 is 1.79 bits per heavy atom. The summed E-state index contributed by atoms with van der Waals surface area (Å²) >= 11 is 3.29. The Morgan fingerprint density at radius 3 is 2.43 bits per heavy atom. The van der Waals surface area contributed by atoms with Crippen LogP contribution in [-0.4, -0.2) is 28.9 Å². The van der Waals surface area contributed by atoms with Gasteiger partial charge in [0, 0.05) is 10.0 Å². The summed E-state index contributed by atoms with van der Waals surface area (Å²) in [6.07, 6.45) is 4.79. The van der Waals surface area contributed by atoms with Crippen LogP contribution in [0.15, 0.2) is 76.9 Å². The van der Waals surface area contributed by atoms with Crippen LogP contribution in [-0.2, 0) is 9.59 Å². The number of halogens is 1. The molecule has 0 aliphatic heterocycles. The maximum absolute atomic E-state index is 12.5. The summed E-state index contributed by atoms with van der Waals surface area (Å²) in [4.78, 5) is 35.9. The molecule has 7 heteroatoms. The Labute approximate surface area is 171 Å². The van der Waals surface area contributed by atoms with E-state index in [0.29, 0.717) is 5.56 Å². The molecule has 28 heavy (non-hydrogen) atoms. The van der Waals surface area contributed by atoms with Gasteiger partial charge in [0.25, 0.3) is 11.8 Å². The summed E-state index contributed by atoms with van der Waals surface area (Å²) < 4.78 is 0.721. The number of carboxylic acid groups (broad SMARTS) is 1. The van der Waals surface area contributed by atoms with Crippen molar-refractivity contribution in [1.29, 1.82) is 0 Å². The third-order valence-electron chi connectivity index (χ3n) is 3.65. The molecule has 1 atom stereocenters. The molecule has 0 radical (unpaired) electrons. The summed E-state index contributed by atoms with van der Waals surface area (Å²) in [5, 5.41) is 13.9. The maximum atomic E-state index is 12.5. The highest BCUT2D eigenvalue weighted by molar-refractivity contribution is 9.10. The van der Waals surface area contributed by atoms with Crippen molar-refractivity contribution in [3.05, 3.63) is 88.0 Å². The number of allylic oxidation sites excluding steroid dienone is 2. The highest BCUT2D eigenvalue weighted by Crippen LogP contribution is 2.12. The number of amides is 2. The molecule has 1 unspecified atom stereocenters. The largest absolute Gasteiger partial charge is 0.480 e. The van der Waals surface area contributed by atoms with Crippen molar-refractivity contribution in [3.63, 3.8) is 0 Å². The third-order valence-corrected chi connectivity index (χ3v) is 4.14. The van der Waals surface area contributed by atoms with Crippen LogP contribution in [0.4, 0.5) is 0 Å². The molecule has 2 amide bonds. The summed E-state index contributed by atoms with van der Waals surface area (Å²) in [7, 11) is 0. The van der Waals surface area contributed by atoms with Crippen LogP contribution >= 0.6 is 15.9 Å². The second kappa shape index (κ2) is 10.2. The number of hydrogen-bond acceptors (Lipinski definition) is 3. The second-order valence-corrected chi connectivity index (χ2v) is 6.76. The lowest BCUT2D eigenvalue weighted by Crippen LogP contribution is -2.42. The van der Waals surface area contributed by atoms with Crippen molar-refractivity contribution in [3.8, 4) is 0 Å². The fourth-order valence-electron chi connectivity index (χ4n) is 2.15. The van der Waals surface area contributed by atoms with E-state index >= 15 is 0 Å². The number of hydrogen-bond donors (Lipinski definition) is 3. The standard InChI is InChI=1S/C21H19BrN2O4/c1-14(21(27)28)23-20(26)18(12-5-9-15-7-3-2-4-8-15)24-19(25)16-10-6-11-17(22)13-16/h2-14H,1H3,(H,23,26)(H,24,25)(H,27,28)/b9-5+,18-12+. The molecule has 0 bridgehead atoms. The van der Waals surface area contributed by atoms with E-state index in [1.807, 2.05) is 30.3 Å². The number of carbonyl (C=O) groups excluding carboxylic acids is 2. The number of nitrogens with one attached hydrogen (secondary N) is 2. The van der Waals surface area contributed by atoms with Crippen molar-refractivity contribution in [2.45, 2.75) is 13.0 Å². The zero-order valence-corrected chi connectivity index (χ0v) is 16.6. The lowest BCUT2D eigenvalue weighted by Gasteiger charge is -2.13. The second-order valence-electron chi connectivity index (χ2n) is 5.85. The molecular formula is C21H19BrN2O4. The average molecular weight is 443 g/mol. The average Bonchev–Trinajstić information content (AvgIpc) is 2.67. The lowest BCUT2D eigenvalue weighted by atomic mass is 10.2. The van der Waals surface area contributed by atoms with E-state index in [-0.39, 0.29) is 5.70 Å². The van der Waals surface area contributed by atoms with Crippen LogP contribution in [0.2, 0.25) is 0 Å². The quantitative estimate of drug-likeness (QED) is 0.452. The minimum absolute atomic E-state index is 0.0646. The van der Waals surface area contributed by atoms with Crippen LogP contribution in [0.3, 0.4) is 0 Å². The Hall–Kier alpha value is -3.19. The molecule has 0 saturated carbocycles. The molecule has 3 N–H and O–H groups in total. The first-order chi connectivity index (χ1) is 13.4. The van der Waals surface area contributed by atoms with Gasteiger partial charge in [0.1, 0.15) is 11.7 Å². The Bertz CT molecular complexity index is 923. The highest BCUT2D eigenvalue weighted by Gasteiger charge is 2.19. The van der Waals surface area contributed by atoms with E-state index in [1.165, 1.54) is 13.0 Å². The van der Waals surface area contributed by atoms with Crippen molar-refractivity contribution in [1.82, 2.24) is 10.6 Å². The smallest absolute Gasteiger partial charge is 0.325 e. The van der Waals surface area contributed by atoms with Gasteiger partial charge in [0.05, 0.1) is 0 Å². The number of benzene rings is 2. The predicted octanol–water partition coefficient (Wildman–Crippen LogP) is 3.37. The van der Waals surface area contributed by atoms with E-state index in [1.54, 1.807) is 36.4 Å². The SMILES string of the molecule is CC(NC(=O)/C(=C\C=C\c1ccccc1)NC(=O)c1cccc(Br)c1)C(=O)O. The Kier molecular flexibility index (Phi) is 7.71. The van der Waals surface area contributed by atoms with Gasteiger partial charge >= 0.3 is 5.97 Å². The summed E-state index contributed by atoms with van der Waals surface area (Å²) in [5.74, 6) is -2.36. The first kappa shape index (κ1) is 21.1. The van der Waals surface area contributed by atoms with E-state index in [2.05, 4.69) is 26.6 Å². The molecule has 2 rings (SSSR count). The summed E-state index contributed by atoms with van der Waals surface area (Å²) in [6.45, 7) is 1.34. The van der Waals surface area contributed by atoms with Gasteiger partial charge in [-0.15, -0.1) is 0 Å². The third kappa shape index (κ3) is 6.51. The van der Waals surface area contributed by atoms with Crippen molar-refractivity contribution >= 4 is 39.8 Å². The number of rotatable bonds is 7. The van der Waals surface area contributed by atoms with Crippen LogP contribution < -0.4 is 10.6 Å². The molecule has 144 valence electrons. The Morgan fingerprint density at radius 1 is 1.07 bits per heavy atom. The zero-order chi connectivity index (χ0) is 20.5. The molecule has 0 saturated heterocycles. The normalized spacial score (nSPS) is 12.4. The maximum Gasteiger partial charge on any atom is 0.325 e. The van der Waals surface area contributed by atoms with Gasteiger partial charge in [-0.25, -0.2) is 0 Å². The van der Waals surface area contributed by atoms with Gasteiger partial charge in [-0.05, 0) is 36.8 Å². The van der Waals surface area contributed by atoms with Crippen LogP contribution in [0.5, 0.6) is 0 Å². The van der Waals surface area contributed by atoms with Gasteiger partial charge in [-0.2, -0.15) is 0 Å². The fourth-order valence-corrected chi connectivity index (χ4v) is 2.55. The summed E-state index contributed by atoms with van der Waals surface area (Å²) in [5.41, 5.74) is 1.20. The first-order valence-electron chi connectivity index (χ1n) is 8.41. The van der Waals surface area contributed by atoms with Crippen molar-refractivity contribution < 1.29 is 19.5 Å². The minimum Gasteiger partial charge on any atom is -0.480 e. The molecule has 0 aromatic heterocycles.